The number of piperazine rings is 1. The molecule has 1 aliphatic heterocycles. The molecule has 0 aliphatic carbocycles. The predicted molar refractivity (Wildman–Crippen MR) is 87.9 cm³/mol. The molecule has 1 aromatic carbocycles. The standard InChI is InChI=1S/C16H23N3O4/c1-11(2)8-14(18-6-4-17-5-7-18)13-9-12(19(21)22)10-15(23-3)16(13)20/h9-10,14,17,20H,1,4-8H2,2-3H3/t14-/m0/s1. The van der Waals surface area contributed by atoms with Crippen molar-refractivity contribution in [3.05, 3.63) is 40.0 Å². The van der Waals surface area contributed by atoms with Crippen LogP contribution < -0.4 is 10.1 Å². The van der Waals surface area contributed by atoms with Gasteiger partial charge in [-0.05, 0) is 13.3 Å². The molecule has 1 saturated heterocycles. The second-order valence-corrected chi connectivity index (χ2v) is 5.81. The van der Waals surface area contributed by atoms with Gasteiger partial charge in [0.1, 0.15) is 0 Å². The van der Waals surface area contributed by atoms with Gasteiger partial charge >= 0.3 is 0 Å². The average molecular weight is 321 g/mol. The number of hydrogen-bond donors (Lipinski definition) is 2. The first-order chi connectivity index (χ1) is 10.9. The molecule has 1 aromatic rings. The molecule has 0 bridgehead atoms. The Kier molecular flexibility index (Phi) is 5.57. The number of benzene rings is 1. The van der Waals surface area contributed by atoms with E-state index < -0.39 is 4.92 Å². The van der Waals surface area contributed by atoms with Crippen LogP contribution in [0.3, 0.4) is 0 Å². The van der Waals surface area contributed by atoms with Gasteiger partial charge in [0.25, 0.3) is 5.69 Å². The highest BCUT2D eigenvalue weighted by Gasteiger charge is 2.28. The Morgan fingerprint density at radius 3 is 2.70 bits per heavy atom. The summed E-state index contributed by atoms with van der Waals surface area (Å²) in [5.41, 5.74) is 1.39. The van der Waals surface area contributed by atoms with Crippen LogP contribution in [0.1, 0.15) is 24.9 Å². The van der Waals surface area contributed by atoms with E-state index in [0.717, 1.165) is 31.8 Å². The van der Waals surface area contributed by atoms with Crippen molar-refractivity contribution >= 4 is 5.69 Å². The molecule has 1 heterocycles. The topological polar surface area (TPSA) is 87.9 Å². The molecule has 0 saturated carbocycles. The summed E-state index contributed by atoms with van der Waals surface area (Å²) < 4.78 is 5.11. The number of nitro groups is 1. The van der Waals surface area contributed by atoms with Crippen LogP contribution in [-0.4, -0.2) is 48.2 Å². The van der Waals surface area contributed by atoms with Gasteiger partial charge in [0, 0.05) is 43.9 Å². The lowest BCUT2D eigenvalue weighted by Gasteiger charge is -2.35. The molecule has 2 rings (SSSR count). The largest absolute Gasteiger partial charge is 0.504 e. The number of rotatable bonds is 6. The van der Waals surface area contributed by atoms with Crippen molar-refractivity contribution in [2.24, 2.45) is 0 Å². The maximum Gasteiger partial charge on any atom is 0.273 e. The summed E-state index contributed by atoms with van der Waals surface area (Å²) in [6.45, 7) is 9.18. The van der Waals surface area contributed by atoms with Crippen molar-refractivity contribution in [1.29, 1.82) is 0 Å². The van der Waals surface area contributed by atoms with Crippen LogP contribution in [-0.2, 0) is 0 Å². The zero-order valence-electron chi connectivity index (χ0n) is 13.5. The lowest BCUT2D eigenvalue weighted by atomic mass is 9.96. The zero-order valence-corrected chi connectivity index (χ0v) is 13.5. The Hall–Kier alpha value is -2.12. The second-order valence-electron chi connectivity index (χ2n) is 5.81. The highest BCUT2D eigenvalue weighted by Crippen LogP contribution is 2.41. The first kappa shape index (κ1) is 17.2. The molecule has 0 unspecified atom stereocenters. The summed E-state index contributed by atoms with van der Waals surface area (Å²) in [5.74, 6) is 0.0823. The minimum absolute atomic E-state index is 0.0390. The van der Waals surface area contributed by atoms with E-state index in [1.165, 1.54) is 19.2 Å². The number of hydrogen-bond acceptors (Lipinski definition) is 6. The van der Waals surface area contributed by atoms with Crippen LogP contribution in [0.4, 0.5) is 5.69 Å². The Labute approximate surface area is 135 Å². The third kappa shape index (κ3) is 4.00. The number of aromatic hydroxyl groups is 1. The fraction of sp³-hybridized carbons (Fsp3) is 0.500. The Morgan fingerprint density at radius 2 is 2.17 bits per heavy atom. The predicted octanol–water partition coefficient (Wildman–Crippen LogP) is 2.22. The van der Waals surface area contributed by atoms with Gasteiger partial charge < -0.3 is 15.2 Å². The maximum absolute atomic E-state index is 11.2. The summed E-state index contributed by atoms with van der Waals surface area (Å²) in [6, 6.07) is 2.52. The number of nitrogens with one attached hydrogen (secondary N) is 1. The van der Waals surface area contributed by atoms with Gasteiger partial charge in [-0.1, -0.05) is 5.57 Å². The van der Waals surface area contributed by atoms with Gasteiger partial charge in [0.2, 0.25) is 0 Å². The zero-order chi connectivity index (χ0) is 17.0. The molecular formula is C16H23N3O4. The fourth-order valence-corrected chi connectivity index (χ4v) is 2.89. The minimum atomic E-state index is -0.471. The van der Waals surface area contributed by atoms with Gasteiger partial charge in [-0.3, -0.25) is 15.0 Å². The van der Waals surface area contributed by atoms with Crippen molar-refractivity contribution in [2.75, 3.05) is 33.3 Å². The summed E-state index contributed by atoms with van der Waals surface area (Å²) >= 11 is 0. The number of nitrogens with zero attached hydrogens (tertiary/aromatic N) is 2. The van der Waals surface area contributed by atoms with Gasteiger partial charge in [-0.25, -0.2) is 0 Å². The first-order valence-corrected chi connectivity index (χ1v) is 7.58. The van der Waals surface area contributed by atoms with Crippen LogP contribution in [0.15, 0.2) is 24.3 Å². The van der Waals surface area contributed by atoms with Crippen LogP contribution in [0.25, 0.3) is 0 Å². The molecule has 0 amide bonds. The SMILES string of the molecule is C=C(C)C[C@@H](c1cc([N+](=O)[O-])cc(OC)c1O)N1CCNCC1. The minimum Gasteiger partial charge on any atom is -0.504 e. The molecule has 2 N–H and O–H groups in total. The lowest BCUT2D eigenvalue weighted by Crippen LogP contribution is -2.45. The van der Waals surface area contributed by atoms with Crippen molar-refractivity contribution in [3.63, 3.8) is 0 Å². The molecule has 0 aromatic heterocycles. The number of methoxy groups -OCH3 is 1. The molecule has 0 radical (unpaired) electrons. The number of nitro benzene ring substituents is 1. The van der Waals surface area contributed by atoms with E-state index in [1.54, 1.807) is 0 Å². The van der Waals surface area contributed by atoms with E-state index in [4.69, 9.17) is 4.74 Å². The maximum atomic E-state index is 11.2. The number of non-ortho nitro benzene ring substituents is 1. The van der Waals surface area contributed by atoms with E-state index in [1.807, 2.05) is 6.92 Å². The van der Waals surface area contributed by atoms with Gasteiger partial charge in [-0.15, -0.1) is 6.58 Å². The third-order valence-corrected chi connectivity index (χ3v) is 4.01. The van der Waals surface area contributed by atoms with Crippen LogP contribution in [0, 0.1) is 10.1 Å². The molecule has 1 atom stereocenters. The smallest absolute Gasteiger partial charge is 0.273 e. The summed E-state index contributed by atoms with van der Waals surface area (Å²) in [4.78, 5) is 12.9. The summed E-state index contributed by atoms with van der Waals surface area (Å²) in [6.07, 6.45) is 0.623. The molecule has 7 nitrogen and oxygen atoms in total. The normalized spacial score (nSPS) is 16.8. The Morgan fingerprint density at radius 1 is 1.52 bits per heavy atom. The number of phenolic OH excluding ortho intramolecular Hbond substituents is 1. The van der Waals surface area contributed by atoms with E-state index in [2.05, 4.69) is 16.8 Å². The molecular weight excluding hydrogens is 298 g/mol. The number of ether oxygens (including phenoxy) is 1. The summed E-state index contributed by atoms with van der Waals surface area (Å²) in [7, 11) is 1.39. The van der Waals surface area contributed by atoms with E-state index in [-0.39, 0.29) is 23.2 Å². The fourth-order valence-electron chi connectivity index (χ4n) is 2.89. The quantitative estimate of drug-likeness (QED) is 0.474. The molecule has 126 valence electrons. The van der Waals surface area contributed by atoms with Crippen molar-refractivity contribution in [2.45, 2.75) is 19.4 Å². The second kappa shape index (κ2) is 7.43. The Bertz CT molecular complexity index is 597. The van der Waals surface area contributed by atoms with Gasteiger partial charge in [0.05, 0.1) is 18.1 Å². The lowest BCUT2D eigenvalue weighted by molar-refractivity contribution is -0.385. The van der Waals surface area contributed by atoms with E-state index in [0.29, 0.717) is 12.0 Å². The molecule has 0 spiro atoms. The molecule has 1 aliphatic rings. The monoisotopic (exact) mass is 321 g/mol. The third-order valence-electron chi connectivity index (χ3n) is 4.01. The highest BCUT2D eigenvalue weighted by molar-refractivity contribution is 5.55. The van der Waals surface area contributed by atoms with Crippen molar-refractivity contribution in [3.8, 4) is 11.5 Å². The van der Waals surface area contributed by atoms with Gasteiger partial charge in [0.15, 0.2) is 11.5 Å². The molecule has 7 heteroatoms. The first-order valence-electron chi connectivity index (χ1n) is 7.58. The summed E-state index contributed by atoms with van der Waals surface area (Å²) in [5, 5.41) is 25.0. The number of phenols is 1. The van der Waals surface area contributed by atoms with E-state index in [9.17, 15) is 15.2 Å². The van der Waals surface area contributed by atoms with Crippen molar-refractivity contribution in [1.82, 2.24) is 10.2 Å². The Balaban J connectivity index is 2.49. The average Bonchev–Trinajstić information content (AvgIpc) is 2.53. The van der Waals surface area contributed by atoms with Crippen LogP contribution in [0.2, 0.25) is 0 Å². The van der Waals surface area contributed by atoms with Crippen molar-refractivity contribution < 1.29 is 14.8 Å². The van der Waals surface area contributed by atoms with Gasteiger partial charge in [-0.2, -0.15) is 0 Å². The highest BCUT2D eigenvalue weighted by atomic mass is 16.6. The molecule has 23 heavy (non-hydrogen) atoms. The van der Waals surface area contributed by atoms with Crippen LogP contribution in [0.5, 0.6) is 11.5 Å². The van der Waals surface area contributed by atoms with Crippen LogP contribution >= 0.6 is 0 Å². The van der Waals surface area contributed by atoms with E-state index >= 15 is 0 Å². The molecule has 1 fully saturated rings.